The second-order valence-electron chi connectivity index (χ2n) is 5.66. The molecule has 2 heterocycles. The Hall–Kier alpha value is -2.18. The van der Waals surface area contributed by atoms with Gasteiger partial charge in [0, 0.05) is 5.69 Å². The van der Waals surface area contributed by atoms with E-state index in [9.17, 15) is 4.79 Å². The third kappa shape index (κ3) is 3.07. The monoisotopic (exact) mass is 367 g/mol. The molecule has 0 atom stereocenters. The third-order valence-electron chi connectivity index (χ3n) is 4.05. The molecular formula is C19H17N3OS2. The Labute approximate surface area is 155 Å². The number of fused-ring (bicyclic) bond motifs is 1. The van der Waals surface area contributed by atoms with Crippen molar-refractivity contribution in [2.24, 2.45) is 0 Å². The molecule has 4 nitrogen and oxygen atoms in total. The lowest BCUT2D eigenvalue weighted by Gasteiger charge is -2.26. The largest absolute Gasteiger partial charge is 0.294 e. The molecule has 0 spiro atoms. The highest BCUT2D eigenvalue weighted by molar-refractivity contribution is 8.01. The molecule has 0 fully saturated rings. The van der Waals surface area contributed by atoms with E-state index in [1.807, 2.05) is 59.4 Å². The van der Waals surface area contributed by atoms with E-state index in [2.05, 4.69) is 16.4 Å². The molecule has 4 rings (SSSR count). The number of anilines is 1. The smallest absolute Gasteiger partial charge is 0.195 e. The fourth-order valence-corrected chi connectivity index (χ4v) is 4.36. The topological polar surface area (TPSA) is 38.1 Å². The van der Waals surface area contributed by atoms with E-state index in [0.29, 0.717) is 11.4 Å². The zero-order chi connectivity index (χ0) is 17.2. The van der Waals surface area contributed by atoms with Gasteiger partial charge in [-0.2, -0.15) is 0 Å². The summed E-state index contributed by atoms with van der Waals surface area (Å²) in [6.07, 6.45) is 1.99. The molecule has 0 saturated heterocycles. The Morgan fingerprint density at radius 3 is 2.44 bits per heavy atom. The van der Waals surface area contributed by atoms with E-state index in [1.165, 1.54) is 17.5 Å². The van der Waals surface area contributed by atoms with Gasteiger partial charge in [0.15, 0.2) is 16.8 Å². The first kappa shape index (κ1) is 16.3. The summed E-state index contributed by atoms with van der Waals surface area (Å²) < 4.78 is 4.12. The number of benzene rings is 2. The summed E-state index contributed by atoms with van der Waals surface area (Å²) in [5, 5.41) is 0.838. The van der Waals surface area contributed by atoms with Crippen LogP contribution in [0.15, 0.2) is 65.8 Å². The van der Waals surface area contributed by atoms with E-state index < -0.39 is 0 Å². The fourth-order valence-electron chi connectivity index (χ4n) is 2.90. The molecule has 25 heavy (non-hydrogen) atoms. The normalized spacial score (nSPS) is 13.8. The van der Waals surface area contributed by atoms with Gasteiger partial charge in [0.05, 0.1) is 12.3 Å². The van der Waals surface area contributed by atoms with Gasteiger partial charge >= 0.3 is 0 Å². The summed E-state index contributed by atoms with van der Waals surface area (Å²) in [6.45, 7) is 0.728. The van der Waals surface area contributed by atoms with Crippen molar-refractivity contribution in [1.29, 1.82) is 0 Å². The second kappa shape index (κ2) is 6.98. The van der Waals surface area contributed by atoms with Gasteiger partial charge in [0.2, 0.25) is 0 Å². The molecular weight excluding hydrogens is 350 g/mol. The van der Waals surface area contributed by atoms with Crippen LogP contribution in [0.25, 0.3) is 5.69 Å². The highest BCUT2D eigenvalue weighted by Crippen LogP contribution is 2.38. The van der Waals surface area contributed by atoms with Crippen LogP contribution in [0.1, 0.15) is 16.1 Å². The molecule has 1 aliphatic heterocycles. The van der Waals surface area contributed by atoms with Gasteiger partial charge in [0.1, 0.15) is 5.69 Å². The lowest BCUT2D eigenvalue weighted by atomic mass is 10.2. The number of imidazole rings is 1. The molecule has 2 aromatic carbocycles. The maximum Gasteiger partial charge on any atom is 0.195 e. The number of para-hydroxylation sites is 1. The zero-order valence-electron chi connectivity index (χ0n) is 13.8. The van der Waals surface area contributed by atoms with Crippen LogP contribution >= 0.6 is 23.7 Å². The van der Waals surface area contributed by atoms with Gasteiger partial charge in [-0.05, 0) is 35.9 Å². The Kier molecular flexibility index (Phi) is 4.55. The van der Waals surface area contributed by atoms with E-state index in [4.69, 9.17) is 4.98 Å². The lowest BCUT2D eigenvalue weighted by molar-refractivity contribution is 0.101. The zero-order valence-corrected chi connectivity index (χ0v) is 15.4. The summed E-state index contributed by atoms with van der Waals surface area (Å²) in [6, 6.07) is 20.2. The first-order chi connectivity index (χ1) is 12.3. The number of thioether (sulfide) groups is 1. The molecule has 0 aliphatic carbocycles. The highest BCUT2D eigenvalue weighted by Gasteiger charge is 2.32. The van der Waals surface area contributed by atoms with Crippen LogP contribution in [0.5, 0.6) is 0 Å². The average Bonchev–Trinajstić information content (AvgIpc) is 3.06. The molecule has 0 unspecified atom stereocenters. The number of rotatable bonds is 4. The van der Waals surface area contributed by atoms with Crippen molar-refractivity contribution < 1.29 is 4.79 Å². The van der Waals surface area contributed by atoms with Crippen LogP contribution in [-0.2, 0) is 6.54 Å². The number of Topliss-reactive ketones (excluding diaryl/α,β-unsaturated/α-hetero) is 1. The number of carbonyl (C=O) groups excluding carboxylic acids is 1. The number of hydrogen-bond acceptors (Lipinski definition) is 5. The quantitative estimate of drug-likeness (QED) is 0.503. The Balaban J connectivity index is 1.81. The van der Waals surface area contributed by atoms with Crippen LogP contribution in [0.2, 0.25) is 0 Å². The van der Waals surface area contributed by atoms with E-state index in [-0.39, 0.29) is 5.78 Å². The van der Waals surface area contributed by atoms with Crippen molar-refractivity contribution in [3.63, 3.8) is 0 Å². The first-order valence-corrected chi connectivity index (χ1v) is 10.1. The van der Waals surface area contributed by atoms with Gasteiger partial charge in [0.25, 0.3) is 0 Å². The summed E-state index contributed by atoms with van der Waals surface area (Å²) in [5.41, 5.74) is 2.86. The molecule has 0 bridgehead atoms. The van der Waals surface area contributed by atoms with Crippen molar-refractivity contribution in [1.82, 2.24) is 9.55 Å². The molecule has 6 heteroatoms. The second-order valence-corrected chi connectivity index (χ2v) is 7.42. The van der Waals surface area contributed by atoms with Gasteiger partial charge < -0.3 is 0 Å². The van der Waals surface area contributed by atoms with E-state index in [1.54, 1.807) is 11.8 Å². The number of nitrogens with zero attached hydrogens (tertiary/aromatic N) is 3. The summed E-state index contributed by atoms with van der Waals surface area (Å²) in [4.78, 5) is 17.5. The van der Waals surface area contributed by atoms with Crippen molar-refractivity contribution in [3.05, 3.63) is 71.9 Å². The first-order valence-electron chi connectivity index (χ1n) is 7.97. The van der Waals surface area contributed by atoms with Crippen LogP contribution in [0.3, 0.4) is 0 Å². The predicted octanol–water partition coefficient (Wildman–Crippen LogP) is 4.45. The lowest BCUT2D eigenvalue weighted by Crippen LogP contribution is -2.26. The summed E-state index contributed by atoms with van der Waals surface area (Å²) in [5.74, 6) is 1.32. The molecule has 0 N–H and O–H groups in total. The molecule has 3 aromatic rings. The maximum absolute atomic E-state index is 12.7. The van der Waals surface area contributed by atoms with E-state index >= 15 is 0 Å². The number of carbonyl (C=O) groups is 1. The minimum atomic E-state index is 0.126. The average molecular weight is 367 g/mol. The molecule has 0 amide bonds. The van der Waals surface area contributed by atoms with Crippen LogP contribution in [0, 0.1) is 0 Å². The molecule has 126 valence electrons. The predicted molar refractivity (Wildman–Crippen MR) is 105 cm³/mol. The third-order valence-corrected chi connectivity index (χ3v) is 5.69. The number of hydrogen-bond donors (Lipinski definition) is 0. The Morgan fingerprint density at radius 2 is 1.76 bits per heavy atom. The summed E-state index contributed by atoms with van der Waals surface area (Å²) >= 11 is 3.09. The maximum atomic E-state index is 12.7. The summed E-state index contributed by atoms with van der Waals surface area (Å²) in [7, 11) is 0. The van der Waals surface area contributed by atoms with Crippen LogP contribution in [0.4, 0.5) is 5.82 Å². The Bertz CT molecular complexity index is 894. The number of aromatic nitrogens is 2. The highest BCUT2D eigenvalue weighted by atomic mass is 32.2. The van der Waals surface area contributed by atoms with Crippen molar-refractivity contribution >= 4 is 35.3 Å². The van der Waals surface area contributed by atoms with Gasteiger partial charge in [-0.3, -0.25) is 13.7 Å². The molecule has 1 aliphatic rings. The van der Waals surface area contributed by atoms with E-state index in [0.717, 1.165) is 23.2 Å². The van der Waals surface area contributed by atoms with Gasteiger partial charge in [-0.1, -0.05) is 60.3 Å². The minimum absolute atomic E-state index is 0.126. The van der Waals surface area contributed by atoms with Gasteiger partial charge in [-0.25, -0.2) is 4.98 Å². The van der Waals surface area contributed by atoms with Crippen LogP contribution < -0.4 is 4.31 Å². The molecule has 0 radical (unpaired) electrons. The van der Waals surface area contributed by atoms with Crippen molar-refractivity contribution in [3.8, 4) is 5.69 Å². The molecule has 1 aromatic heterocycles. The standard InChI is InChI=1S/C19H17N3OS2/c1-24-19-20-18-17(22(19)15-10-6-3-7-11-15)16(23)13-25-21(18)12-14-8-4-2-5-9-14/h2-11H,12-13H2,1H3. The molecule has 0 saturated carbocycles. The van der Waals surface area contributed by atoms with Gasteiger partial charge in [-0.15, -0.1) is 0 Å². The Morgan fingerprint density at radius 1 is 1.08 bits per heavy atom. The van der Waals surface area contributed by atoms with Crippen molar-refractivity contribution in [2.75, 3.05) is 16.3 Å². The van der Waals surface area contributed by atoms with Crippen LogP contribution in [-0.4, -0.2) is 27.3 Å². The SMILES string of the molecule is CSc1nc2c(n1-c1ccccc1)C(=O)CSN2Cc1ccccc1. The number of ketones is 1. The minimum Gasteiger partial charge on any atom is -0.294 e. The van der Waals surface area contributed by atoms with Crippen molar-refractivity contribution in [2.45, 2.75) is 11.7 Å². The fraction of sp³-hybridized carbons (Fsp3) is 0.158.